The monoisotopic (exact) mass is 390 g/mol. The number of amides is 1. The third-order valence-corrected chi connectivity index (χ3v) is 4.91. The Kier molecular flexibility index (Phi) is 4.99. The molecule has 0 aliphatic rings. The Morgan fingerprint density at radius 2 is 1.89 bits per heavy atom. The first-order valence-corrected chi connectivity index (χ1v) is 9.67. The van der Waals surface area contributed by atoms with Gasteiger partial charge in [0.05, 0.1) is 17.1 Å². The molecule has 0 radical (unpaired) electrons. The number of carbonyl (C=O) groups excluding carboxylic acids is 1. The van der Waals surface area contributed by atoms with Gasteiger partial charge in [-0.05, 0) is 30.7 Å². The Morgan fingerprint density at radius 3 is 2.61 bits per heavy atom. The number of thiazole rings is 1. The van der Waals surface area contributed by atoms with Crippen molar-refractivity contribution in [3.63, 3.8) is 0 Å². The molecular weight excluding hydrogens is 372 g/mol. The molecule has 0 spiro atoms. The van der Waals surface area contributed by atoms with Crippen molar-refractivity contribution in [2.45, 2.75) is 20.3 Å². The van der Waals surface area contributed by atoms with Crippen LogP contribution in [0.4, 0.5) is 5.69 Å². The summed E-state index contributed by atoms with van der Waals surface area (Å²) in [7, 11) is 0. The van der Waals surface area contributed by atoms with Crippen LogP contribution in [0.25, 0.3) is 22.6 Å². The first-order valence-electron chi connectivity index (χ1n) is 8.79. The van der Waals surface area contributed by atoms with Crippen LogP contribution in [-0.4, -0.2) is 21.0 Å². The van der Waals surface area contributed by atoms with Crippen LogP contribution < -0.4 is 5.32 Å². The van der Waals surface area contributed by atoms with E-state index in [1.54, 1.807) is 11.3 Å². The fraction of sp³-hybridized carbons (Fsp3) is 0.143. The summed E-state index contributed by atoms with van der Waals surface area (Å²) in [6.45, 7) is 3.48. The molecule has 140 valence electrons. The van der Waals surface area contributed by atoms with Gasteiger partial charge in [0, 0.05) is 29.1 Å². The number of benzene rings is 2. The van der Waals surface area contributed by atoms with Gasteiger partial charge in [-0.3, -0.25) is 4.79 Å². The minimum atomic E-state index is -0.0932. The van der Waals surface area contributed by atoms with Crippen LogP contribution in [0.5, 0.6) is 0 Å². The van der Waals surface area contributed by atoms with E-state index in [1.165, 1.54) is 6.92 Å². The molecule has 1 N–H and O–H groups in total. The van der Waals surface area contributed by atoms with Gasteiger partial charge in [0.25, 0.3) is 0 Å². The highest BCUT2D eigenvalue weighted by Gasteiger charge is 2.11. The molecule has 0 unspecified atom stereocenters. The van der Waals surface area contributed by atoms with Crippen molar-refractivity contribution in [2.24, 2.45) is 0 Å². The fourth-order valence-corrected chi connectivity index (χ4v) is 3.46. The van der Waals surface area contributed by atoms with Crippen LogP contribution in [0.15, 0.2) is 58.4 Å². The SMILES string of the molecule is CC(=O)Nc1ccc(Cc2nc(-c3cccc(-c4csc(C)n4)c3)no2)cc1. The Hall–Kier alpha value is -3.32. The minimum Gasteiger partial charge on any atom is -0.339 e. The van der Waals surface area contributed by atoms with E-state index < -0.39 is 0 Å². The third kappa shape index (κ3) is 4.15. The number of aryl methyl sites for hydroxylation is 1. The van der Waals surface area contributed by atoms with Crippen LogP contribution in [-0.2, 0) is 11.2 Å². The zero-order valence-corrected chi connectivity index (χ0v) is 16.3. The normalized spacial score (nSPS) is 10.8. The largest absolute Gasteiger partial charge is 0.339 e. The molecule has 2 heterocycles. The van der Waals surface area contributed by atoms with Gasteiger partial charge in [-0.1, -0.05) is 35.5 Å². The number of nitrogens with zero attached hydrogens (tertiary/aromatic N) is 3. The number of aromatic nitrogens is 3. The number of hydrogen-bond acceptors (Lipinski definition) is 6. The van der Waals surface area contributed by atoms with E-state index >= 15 is 0 Å². The van der Waals surface area contributed by atoms with Crippen molar-refractivity contribution in [3.05, 3.63) is 70.4 Å². The molecule has 0 saturated heterocycles. The molecule has 0 aliphatic carbocycles. The number of anilines is 1. The lowest BCUT2D eigenvalue weighted by Gasteiger charge is -2.02. The number of rotatable bonds is 5. The zero-order chi connectivity index (χ0) is 19.5. The van der Waals surface area contributed by atoms with Crippen LogP contribution in [0.3, 0.4) is 0 Å². The molecule has 0 bridgehead atoms. The Bertz CT molecular complexity index is 1120. The van der Waals surface area contributed by atoms with Crippen molar-refractivity contribution in [1.82, 2.24) is 15.1 Å². The zero-order valence-electron chi connectivity index (χ0n) is 15.5. The van der Waals surface area contributed by atoms with Crippen molar-refractivity contribution >= 4 is 22.9 Å². The highest BCUT2D eigenvalue weighted by atomic mass is 32.1. The van der Waals surface area contributed by atoms with E-state index in [1.807, 2.05) is 60.8 Å². The van der Waals surface area contributed by atoms with E-state index in [0.717, 1.165) is 33.1 Å². The predicted molar refractivity (Wildman–Crippen MR) is 109 cm³/mol. The third-order valence-electron chi connectivity index (χ3n) is 4.13. The standard InChI is InChI=1S/C21H18N4O2S/c1-13(26)22-18-8-6-15(7-9-18)10-20-24-21(25-27-20)17-5-3-4-16(11-17)19-12-28-14(2)23-19/h3-9,11-12H,10H2,1-2H3,(H,22,26). The van der Waals surface area contributed by atoms with E-state index in [-0.39, 0.29) is 5.91 Å². The second kappa shape index (κ2) is 7.74. The minimum absolute atomic E-state index is 0.0932. The molecule has 4 rings (SSSR count). The average Bonchev–Trinajstić information content (AvgIpc) is 3.32. The second-order valence-electron chi connectivity index (χ2n) is 6.40. The maximum absolute atomic E-state index is 11.1. The number of nitrogens with one attached hydrogen (secondary N) is 1. The Morgan fingerprint density at radius 1 is 1.11 bits per heavy atom. The van der Waals surface area contributed by atoms with E-state index in [9.17, 15) is 4.79 Å². The fourth-order valence-electron chi connectivity index (χ4n) is 2.84. The highest BCUT2D eigenvalue weighted by molar-refractivity contribution is 7.09. The summed E-state index contributed by atoms with van der Waals surface area (Å²) in [6, 6.07) is 15.5. The average molecular weight is 390 g/mol. The van der Waals surface area contributed by atoms with Crippen molar-refractivity contribution < 1.29 is 9.32 Å². The predicted octanol–water partition coefficient (Wildman–Crippen LogP) is 4.72. The summed E-state index contributed by atoms with van der Waals surface area (Å²) in [5.74, 6) is 1.00. The summed E-state index contributed by atoms with van der Waals surface area (Å²) in [5, 5.41) is 9.94. The summed E-state index contributed by atoms with van der Waals surface area (Å²) >= 11 is 1.63. The molecule has 7 heteroatoms. The molecule has 0 aliphatic heterocycles. The van der Waals surface area contributed by atoms with Gasteiger partial charge in [-0.2, -0.15) is 4.98 Å². The van der Waals surface area contributed by atoms with Crippen LogP contribution in [0.2, 0.25) is 0 Å². The molecule has 1 amide bonds. The summed E-state index contributed by atoms with van der Waals surface area (Å²) < 4.78 is 5.42. The molecule has 28 heavy (non-hydrogen) atoms. The smallest absolute Gasteiger partial charge is 0.231 e. The van der Waals surface area contributed by atoms with Crippen molar-refractivity contribution in [3.8, 4) is 22.6 Å². The highest BCUT2D eigenvalue weighted by Crippen LogP contribution is 2.26. The molecule has 6 nitrogen and oxygen atoms in total. The molecule has 2 aromatic carbocycles. The van der Waals surface area contributed by atoms with E-state index in [2.05, 4.69) is 20.4 Å². The maximum atomic E-state index is 11.1. The second-order valence-corrected chi connectivity index (χ2v) is 7.46. The van der Waals surface area contributed by atoms with E-state index in [4.69, 9.17) is 4.52 Å². The lowest BCUT2D eigenvalue weighted by Crippen LogP contribution is -2.05. The molecule has 0 atom stereocenters. The summed E-state index contributed by atoms with van der Waals surface area (Å²) in [4.78, 5) is 20.1. The van der Waals surface area contributed by atoms with Gasteiger partial charge in [-0.15, -0.1) is 11.3 Å². The van der Waals surface area contributed by atoms with E-state index in [0.29, 0.717) is 18.1 Å². The number of carbonyl (C=O) groups is 1. The molecule has 0 saturated carbocycles. The lowest BCUT2D eigenvalue weighted by molar-refractivity contribution is -0.114. The molecule has 0 fully saturated rings. The van der Waals surface area contributed by atoms with Gasteiger partial charge < -0.3 is 9.84 Å². The van der Waals surface area contributed by atoms with Gasteiger partial charge in [0.2, 0.25) is 17.6 Å². The van der Waals surface area contributed by atoms with Crippen LogP contribution >= 0.6 is 11.3 Å². The molecular formula is C21H18N4O2S. The Labute approximate surface area is 166 Å². The lowest BCUT2D eigenvalue weighted by atomic mass is 10.1. The number of hydrogen-bond donors (Lipinski definition) is 1. The first kappa shape index (κ1) is 18.1. The maximum Gasteiger partial charge on any atom is 0.231 e. The topological polar surface area (TPSA) is 80.9 Å². The summed E-state index contributed by atoms with van der Waals surface area (Å²) in [6.07, 6.45) is 0.526. The summed E-state index contributed by atoms with van der Waals surface area (Å²) in [5.41, 5.74) is 4.65. The van der Waals surface area contributed by atoms with Crippen LogP contribution in [0, 0.1) is 6.92 Å². The van der Waals surface area contributed by atoms with Crippen LogP contribution in [0.1, 0.15) is 23.4 Å². The van der Waals surface area contributed by atoms with Gasteiger partial charge in [0.1, 0.15) is 0 Å². The Balaban J connectivity index is 1.51. The van der Waals surface area contributed by atoms with Gasteiger partial charge in [-0.25, -0.2) is 4.98 Å². The molecule has 4 aromatic rings. The van der Waals surface area contributed by atoms with Crippen molar-refractivity contribution in [2.75, 3.05) is 5.32 Å². The van der Waals surface area contributed by atoms with Crippen molar-refractivity contribution in [1.29, 1.82) is 0 Å². The van der Waals surface area contributed by atoms with Gasteiger partial charge in [0.15, 0.2) is 0 Å². The van der Waals surface area contributed by atoms with Gasteiger partial charge >= 0.3 is 0 Å². The quantitative estimate of drug-likeness (QED) is 0.533. The first-order chi connectivity index (χ1) is 13.6. The molecule has 2 aromatic heterocycles.